The van der Waals surface area contributed by atoms with Gasteiger partial charge in [0.25, 0.3) is 0 Å². The fourth-order valence-corrected chi connectivity index (χ4v) is 5.99. The Labute approximate surface area is 217 Å². The SMILES string of the molecule is CCC(C)c1ccc(Cn2c3ccccc3c3ccc4c(c5ccccc5n4-c4ccccc4)c32)cc1. The standard InChI is InChI=1S/C35H30N2/c1-3-24(2)26-19-17-25(18-20-26)23-36-31-15-9-7-13-28(31)29-21-22-33-34(35(29)36)30-14-8-10-16-32(30)37(33)27-11-5-4-6-12-27/h4-22,24H,3,23H2,1-2H3. The highest BCUT2D eigenvalue weighted by atomic mass is 15.0. The largest absolute Gasteiger partial charge is 0.335 e. The average Bonchev–Trinajstić information content (AvgIpc) is 3.46. The number of nitrogens with zero attached hydrogens (tertiary/aromatic N) is 2. The van der Waals surface area contributed by atoms with E-state index >= 15 is 0 Å². The van der Waals surface area contributed by atoms with Gasteiger partial charge in [-0.15, -0.1) is 0 Å². The second-order valence-electron chi connectivity index (χ2n) is 10.2. The summed E-state index contributed by atoms with van der Waals surface area (Å²) >= 11 is 0. The van der Waals surface area contributed by atoms with Crippen molar-refractivity contribution in [2.75, 3.05) is 0 Å². The average molecular weight is 479 g/mol. The smallest absolute Gasteiger partial charge is 0.0596 e. The maximum absolute atomic E-state index is 2.53. The predicted octanol–water partition coefficient (Wildman–Crippen LogP) is 9.45. The first-order chi connectivity index (χ1) is 18.2. The van der Waals surface area contributed by atoms with Crippen molar-refractivity contribution in [3.8, 4) is 5.69 Å². The maximum atomic E-state index is 2.53. The Hall–Kier alpha value is -4.30. The van der Waals surface area contributed by atoms with E-state index in [1.807, 2.05) is 0 Å². The van der Waals surface area contributed by atoms with Gasteiger partial charge < -0.3 is 9.13 Å². The molecule has 0 amide bonds. The molecular weight excluding hydrogens is 448 g/mol. The van der Waals surface area contributed by atoms with Crippen LogP contribution in [0.1, 0.15) is 37.3 Å². The van der Waals surface area contributed by atoms with Crippen LogP contribution in [0.25, 0.3) is 49.3 Å². The first-order valence-corrected chi connectivity index (χ1v) is 13.3. The molecule has 0 saturated heterocycles. The summed E-state index contributed by atoms with van der Waals surface area (Å²) in [6, 6.07) is 42.3. The molecule has 2 aromatic heterocycles. The molecule has 0 saturated carbocycles. The molecule has 0 fully saturated rings. The van der Waals surface area contributed by atoms with Gasteiger partial charge in [0, 0.05) is 39.3 Å². The number of aromatic nitrogens is 2. The van der Waals surface area contributed by atoms with Gasteiger partial charge in [-0.25, -0.2) is 0 Å². The van der Waals surface area contributed by atoms with E-state index in [2.05, 4.69) is 138 Å². The lowest BCUT2D eigenvalue weighted by atomic mass is 9.97. The van der Waals surface area contributed by atoms with Crippen molar-refractivity contribution in [1.82, 2.24) is 9.13 Å². The van der Waals surface area contributed by atoms with Gasteiger partial charge in [-0.3, -0.25) is 0 Å². The summed E-state index contributed by atoms with van der Waals surface area (Å²) in [5, 5.41) is 5.25. The zero-order valence-electron chi connectivity index (χ0n) is 21.4. The van der Waals surface area contributed by atoms with Crippen LogP contribution in [-0.2, 0) is 6.54 Å². The lowest BCUT2D eigenvalue weighted by Gasteiger charge is -2.12. The Morgan fingerprint density at radius 3 is 2.03 bits per heavy atom. The van der Waals surface area contributed by atoms with Crippen molar-refractivity contribution >= 4 is 43.6 Å². The van der Waals surface area contributed by atoms with Crippen LogP contribution < -0.4 is 0 Å². The van der Waals surface area contributed by atoms with E-state index in [1.165, 1.54) is 60.4 Å². The van der Waals surface area contributed by atoms with Gasteiger partial charge in [0.15, 0.2) is 0 Å². The van der Waals surface area contributed by atoms with Crippen molar-refractivity contribution in [1.29, 1.82) is 0 Å². The predicted molar refractivity (Wildman–Crippen MR) is 158 cm³/mol. The molecule has 2 nitrogen and oxygen atoms in total. The lowest BCUT2D eigenvalue weighted by Crippen LogP contribution is -2.00. The summed E-state index contributed by atoms with van der Waals surface area (Å²) in [6.07, 6.45) is 1.16. The minimum atomic E-state index is 0.589. The van der Waals surface area contributed by atoms with Gasteiger partial charge in [0.2, 0.25) is 0 Å². The number of para-hydroxylation sites is 3. The van der Waals surface area contributed by atoms with Crippen LogP contribution in [0.3, 0.4) is 0 Å². The first kappa shape index (κ1) is 21.9. The van der Waals surface area contributed by atoms with E-state index in [4.69, 9.17) is 0 Å². The summed E-state index contributed by atoms with van der Waals surface area (Å²) in [7, 11) is 0. The molecule has 2 heterocycles. The number of rotatable bonds is 5. The molecule has 0 N–H and O–H groups in total. The molecule has 0 radical (unpaired) electrons. The molecule has 5 aromatic carbocycles. The molecule has 0 aliphatic carbocycles. The molecular formula is C35H30N2. The minimum Gasteiger partial charge on any atom is -0.335 e. The number of fused-ring (bicyclic) bond motifs is 7. The fourth-order valence-electron chi connectivity index (χ4n) is 5.99. The molecule has 2 heteroatoms. The van der Waals surface area contributed by atoms with E-state index in [9.17, 15) is 0 Å². The molecule has 180 valence electrons. The van der Waals surface area contributed by atoms with Crippen LogP contribution in [0.15, 0.2) is 115 Å². The molecule has 37 heavy (non-hydrogen) atoms. The van der Waals surface area contributed by atoms with Crippen molar-refractivity contribution in [3.63, 3.8) is 0 Å². The minimum absolute atomic E-state index is 0.589. The molecule has 1 unspecified atom stereocenters. The monoisotopic (exact) mass is 478 g/mol. The third kappa shape index (κ3) is 3.40. The van der Waals surface area contributed by atoms with E-state index < -0.39 is 0 Å². The summed E-state index contributed by atoms with van der Waals surface area (Å²) in [6.45, 7) is 5.41. The Morgan fingerprint density at radius 2 is 1.27 bits per heavy atom. The normalized spacial score (nSPS) is 12.7. The van der Waals surface area contributed by atoms with Crippen LogP contribution in [0.5, 0.6) is 0 Å². The van der Waals surface area contributed by atoms with Crippen LogP contribution in [0.2, 0.25) is 0 Å². The summed E-state index contributed by atoms with van der Waals surface area (Å²) < 4.78 is 4.94. The zero-order valence-corrected chi connectivity index (χ0v) is 21.4. The van der Waals surface area contributed by atoms with Crippen LogP contribution in [0.4, 0.5) is 0 Å². The lowest BCUT2D eigenvalue weighted by molar-refractivity contribution is 0.732. The molecule has 7 aromatic rings. The summed E-state index contributed by atoms with van der Waals surface area (Å²) in [5.41, 5.74) is 9.03. The van der Waals surface area contributed by atoms with Gasteiger partial charge in [0.1, 0.15) is 0 Å². The molecule has 1 atom stereocenters. The third-order valence-electron chi connectivity index (χ3n) is 8.08. The van der Waals surface area contributed by atoms with Crippen molar-refractivity contribution in [2.24, 2.45) is 0 Å². The van der Waals surface area contributed by atoms with Crippen LogP contribution in [-0.4, -0.2) is 9.13 Å². The summed E-state index contributed by atoms with van der Waals surface area (Å²) in [5.74, 6) is 0.589. The highest BCUT2D eigenvalue weighted by molar-refractivity contribution is 6.25. The van der Waals surface area contributed by atoms with Gasteiger partial charge in [-0.2, -0.15) is 0 Å². The molecule has 0 bridgehead atoms. The van der Waals surface area contributed by atoms with E-state index in [1.54, 1.807) is 0 Å². The van der Waals surface area contributed by atoms with Crippen molar-refractivity contribution in [2.45, 2.75) is 32.7 Å². The van der Waals surface area contributed by atoms with Gasteiger partial charge >= 0.3 is 0 Å². The van der Waals surface area contributed by atoms with E-state index in [-0.39, 0.29) is 0 Å². The fraction of sp³-hybridized carbons (Fsp3) is 0.143. The maximum Gasteiger partial charge on any atom is 0.0596 e. The Bertz CT molecular complexity index is 1890. The molecule has 0 aliphatic heterocycles. The topological polar surface area (TPSA) is 9.86 Å². The number of hydrogen-bond acceptors (Lipinski definition) is 0. The molecule has 0 aliphatic rings. The Kier molecular flexibility index (Phi) is 5.14. The first-order valence-electron chi connectivity index (χ1n) is 13.3. The van der Waals surface area contributed by atoms with Gasteiger partial charge in [-0.05, 0) is 53.8 Å². The summed E-state index contributed by atoms with van der Waals surface area (Å²) in [4.78, 5) is 0. The van der Waals surface area contributed by atoms with E-state index in [0.717, 1.165) is 13.0 Å². The highest BCUT2D eigenvalue weighted by Crippen LogP contribution is 2.40. The highest BCUT2D eigenvalue weighted by Gasteiger charge is 2.19. The van der Waals surface area contributed by atoms with Crippen molar-refractivity contribution < 1.29 is 0 Å². The third-order valence-corrected chi connectivity index (χ3v) is 8.08. The molecule has 7 rings (SSSR count). The zero-order chi connectivity index (χ0) is 24.9. The number of benzene rings is 5. The van der Waals surface area contributed by atoms with Gasteiger partial charge in [0.05, 0.1) is 16.6 Å². The number of hydrogen-bond donors (Lipinski definition) is 0. The Morgan fingerprint density at radius 1 is 0.595 bits per heavy atom. The van der Waals surface area contributed by atoms with Gasteiger partial charge in [-0.1, -0.05) is 98.8 Å². The Balaban J connectivity index is 1.55. The van der Waals surface area contributed by atoms with Crippen molar-refractivity contribution in [3.05, 3.63) is 126 Å². The second kappa shape index (κ2) is 8.67. The second-order valence-corrected chi connectivity index (χ2v) is 10.2. The van der Waals surface area contributed by atoms with Crippen LogP contribution in [0, 0.1) is 0 Å². The van der Waals surface area contributed by atoms with Crippen LogP contribution >= 0.6 is 0 Å². The van der Waals surface area contributed by atoms with E-state index in [0.29, 0.717) is 5.92 Å². The molecule has 0 spiro atoms. The quantitative estimate of drug-likeness (QED) is 0.233.